The first kappa shape index (κ1) is 11.1. The second kappa shape index (κ2) is 5.64. The molecule has 0 atom stereocenters. The van der Waals surface area contributed by atoms with E-state index >= 15 is 0 Å². The van der Waals surface area contributed by atoms with E-state index in [2.05, 4.69) is 9.89 Å². The molecule has 2 fully saturated rings. The van der Waals surface area contributed by atoms with Crippen LogP contribution in [0.25, 0.3) is 0 Å². The Hall–Kier alpha value is -0.380. The molecule has 1 heterocycles. The fourth-order valence-corrected chi connectivity index (χ4v) is 3.21. The first-order chi connectivity index (χ1) is 7.36. The van der Waals surface area contributed by atoms with Gasteiger partial charge in [-0.15, -0.1) is 0 Å². The van der Waals surface area contributed by atoms with Gasteiger partial charge in [-0.2, -0.15) is 11.8 Å². The van der Waals surface area contributed by atoms with Crippen molar-refractivity contribution in [3.8, 4) is 0 Å². The van der Waals surface area contributed by atoms with Crippen molar-refractivity contribution in [2.75, 3.05) is 31.1 Å². The molecule has 0 aromatic carbocycles. The fourth-order valence-electron chi connectivity index (χ4n) is 2.31. The van der Waals surface area contributed by atoms with Gasteiger partial charge in [0.25, 0.3) is 0 Å². The number of aliphatic imine (C=N–C) groups is 1. The van der Waals surface area contributed by atoms with Gasteiger partial charge in [0.1, 0.15) is 0 Å². The zero-order valence-electron chi connectivity index (χ0n) is 9.32. The second-order valence-corrected chi connectivity index (χ2v) is 5.67. The Morgan fingerprint density at radius 2 is 1.93 bits per heavy atom. The monoisotopic (exact) mass is 227 g/mol. The van der Waals surface area contributed by atoms with E-state index < -0.39 is 0 Å². The summed E-state index contributed by atoms with van der Waals surface area (Å²) in [6.07, 6.45) is 5.49. The highest BCUT2D eigenvalue weighted by molar-refractivity contribution is 7.99. The normalized spacial score (nSPS) is 24.8. The minimum atomic E-state index is 0.780. The van der Waals surface area contributed by atoms with Gasteiger partial charge in [-0.05, 0) is 18.8 Å². The number of thioether (sulfide) groups is 1. The highest BCUT2D eigenvalue weighted by Crippen LogP contribution is 2.24. The number of hydrogen-bond acceptors (Lipinski definition) is 2. The molecule has 2 N–H and O–H groups in total. The SMILES string of the molecule is NC(=NCC1CCCC1)N1CCSCC1. The van der Waals surface area contributed by atoms with Crippen LogP contribution in [0, 0.1) is 5.92 Å². The predicted molar refractivity (Wildman–Crippen MR) is 67.3 cm³/mol. The van der Waals surface area contributed by atoms with Crippen molar-refractivity contribution in [2.24, 2.45) is 16.6 Å². The lowest BCUT2D eigenvalue weighted by molar-refractivity contribution is 0.451. The molecule has 1 saturated carbocycles. The Morgan fingerprint density at radius 3 is 2.60 bits per heavy atom. The molecule has 15 heavy (non-hydrogen) atoms. The summed E-state index contributed by atoms with van der Waals surface area (Å²) < 4.78 is 0. The van der Waals surface area contributed by atoms with E-state index in [1.807, 2.05) is 11.8 Å². The quantitative estimate of drug-likeness (QED) is 0.575. The summed E-state index contributed by atoms with van der Waals surface area (Å²) in [7, 11) is 0. The minimum Gasteiger partial charge on any atom is -0.370 e. The molecule has 0 aromatic rings. The molecule has 2 rings (SSSR count). The summed E-state index contributed by atoms with van der Waals surface area (Å²) in [5.74, 6) is 3.98. The number of nitrogens with zero attached hydrogens (tertiary/aromatic N) is 2. The van der Waals surface area contributed by atoms with Gasteiger partial charge in [0, 0.05) is 31.1 Å². The lowest BCUT2D eigenvalue weighted by Gasteiger charge is -2.27. The third kappa shape index (κ3) is 3.30. The lowest BCUT2D eigenvalue weighted by atomic mass is 10.1. The van der Waals surface area contributed by atoms with E-state index in [1.165, 1.54) is 37.2 Å². The maximum Gasteiger partial charge on any atom is 0.191 e. The zero-order valence-corrected chi connectivity index (χ0v) is 10.1. The van der Waals surface area contributed by atoms with E-state index in [9.17, 15) is 0 Å². The maximum atomic E-state index is 5.99. The minimum absolute atomic E-state index is 0.780. The molecular weight excluding hydrogens is 206 g/mol. The summed E-state index contributed by atoms with van der Waals surface area (Å²) in [6, 6.07) is 0. The number of nitrogens with two attached hydrogens (primary N) is 1. The van der Waals surface area contributed by atoms with Crippen molar-refractivity contribution in [1.29, 1.82) is 0 Å². The molecule has 0 bridgehead atoms. The van der Waals surface area contributed by atoms with Gasteiger partial charge in [-0.25, -0.2) is 0 Å². The van der Waals surface area contributed by atoms with Gasteiger partial charge in [-0.3, -0.25) is 4.99 Å². The molecule has 0 radical (unpaired) electrons. The largest absolute Gasteiger partial charge is 0.370 e. The molecule has 1 saturated heterocycles. The molecule has 0 aromatic heterocycles. The van der Waals surface area contributed by atoms with Crippen LogP contribution in [0.5, 0.6) is 0 Å². The van der Waals surface area contributed by atoms with Crippen LogP contribution in [0.2, 0.25) is 0 Å². The average molecular weight is 227 g/mol. The predicted octanol–water partition coefficient (Wildman–Crippen LogP) is 1.54. The maximum absolute atomic E-state index is 5.99. The van der Waals surface area contributed by atoms with E-state index in [1.54, 1.807) is 0 Å². The van der Waals surface area contributed by atoms with Crippen LogP contribution in [-0.2, 0) is 0 Å². The van der Waals surface area contributed by atoms with Crippen LogP contribution >= 0.6 is 11.8 Å². The number of hydrogen-bond donors (Lipinski definition) is 1. The van der Waals surface area contributed by atoms with E-state index in [0.717, 1.165) is 31.5 Å². The Labute approximate surface area is 96.5 Å². The average Bonchev–Trinajstić information content (AvgIpc) is 2.80. The van der Waals surface area contributed by atoms with Crippen molar-refractivity contribution >= 4 is 17.7 Å². The summed E-state index contributed by atoms with van der Waals surface area (Å²) >= 11 is 2.01. The Kier molecular flexibility index (Phi) is 4.18. The molecule has 4 heteroatoms. The van der Waals surface area contributed by atoms with Gasteiger partial charge in [-0.1, -0.05) is 12.8 Å². The Balaban J connectivity index is 1.77. The van der Waals surface area contributed by atoms with Crippen molar-refractivity contribution in [1.82, 2.24) is 4.90 Å². The third-order valence-corrected chi connectivity index (χ3v) is 4.26. The zero-order chi connectivity index (χ0) is 10.5. The van der Waals surface area contributed by atoms with Gasteiger partial charge < -0.3 is 10.6 Å². The van der Waals surface area contributed by atoms with Gasteiger partial charge >= 0.3 is 0 Å². The summed E-state index contributed by atoms with van der Waals surface area (Å²) in [5, 5.41) is 0. The summed E-state index contributed by atoms with van der Waals surface area (Å²) in [6.45, 7) is 3.10. The first-order valence-corrected chi connectivity index (χ1v) is 7.14. The van der Waals surface area contributed by atoms with Crippen LogP contribution < -0.4 is 5.73 Å². The molecule has 0 spiro atoms. The van der Waals surface area contributed by atoms with Gasteiger partial charge in [0.15, 0.2) is 5.96 Å². The van der Waals surface area contributed by atoms with Crippen molar-refractivity contribution in [3.05, 3.63) is 0 Å². The van der Waals surface area contributed by atoms with E-state index in [4.69, 9.17) is 5.73 Å². The van der Waals surface area contributed by atoms with E-state index in [-0.39, 0.29) is 0 Å². The van der Waals surface area contributed by atoms with Crippen molar-refractivity contribution < 1.29 is 0 Å². The van der Waals surface area contributed by atoms with Crippen LogP contribution in [0.4, 0.5) is 0 Å². The highest BCUT2D eigenvalue weighted by Gasteiger charge is 2.16. The summed E-state index contributed by atoms with van der Waals surface area (Å²) in [4.78, 5) is 6.77. The molecule has 0 unspecified atom stereocenters. The highest BCUT2D eigenvalue weighted by atomic mass is 32.2. The number of guanidine groups is 1. The van der Waals surface area contributed by atoms with E-state index in [0.29, 0.717) is 0 Å². The molecule has 86 valence electrons. The Morgan fingerprint density at radius 1 is 1.27 bits per heavy atom. The number of rotatable bonds is 2. The van der Waals surface area contributed by atoms with Gasteiger partial charge in [0.05, 0.1) is 0 Å². The lowest BCUT2D eigenvalue weighted by Crippen LogP contribution is -2.42. The molecule has 0 amide bonds. The molecular formula is C11H21N3S. The second-order valence-electron chi connectivity index (χ2n) is 4.45. The van der Waals surface area contributed by atoms with Crippen molar-refractivity contribution in [2.45, 2.75) is 25.7 Å². The topological polar surface area (TPSA) is 41.6 Å². The van der Waals surface area contributed by atoms with Crippen LogP contribution in [-0.4, -0.2) is 42.0 Å². The van der Waals surface area contributed by atoms with Crippen molar-refractivity contribution in [3.63, 3.8) is 0 Å². The van der Waals surface area contributed by atoms with Crippen LogP contribution in [0.3, 0.4) is 0 Å². The third-order valence-electron chi connectivity index (χ3n) is 3.32. The van der Waals surface area contributed by atoms with Crippen LogP contribution in [0.15, 0.2) is 4.99 Å². The molecule has 3 nitrogen and oxygen atoms in total. The molecule has 2 aliphatic rings. The van der Waals surface area contributed by atoms with Crippen LogP contribution in [0.1, 0.15) is 25.7 Å². The van der Waals surface area contributed by atoms with Gasteiger partial charge in [0.2, 0.25) is 0 Å². The first-order valence-electron chi connectivity index (χ1n) is 5.99. The molecule has 1 aliphatic heterocycles. The Bertz CT molecular complexity index is 218. The smallest absolute Gasteiger partial charge is 0.191 e. The summed E-state index contributed by atoms with van der Waals surface area (Å²) in [5.41, 5.74) is 5.99. The standard InChI is InChI=1S/C11H21N3S/c12-11(14-5-7-15-8-6-14)13-9-10-3-1-2-4-10/h10H,1-9H2,(H2,12,13). The molecule has 1 aliphatic carbocycles. The fraction of sp³-hybridized carbons (Fsp3) is 0.909.